The predicted octanol–water partition coefficient (Wildman–Crippen LogP) is 1.69. The number of ketones is 1. The minimum absolute atomic E-state index is 0.102. The zero-order chi connectivity index (χ0) is 16.2. The van der Waals surface area contributed by atoms with Crippen molar-refractivity contribution in [1.82, 2.24) is 0 Å². The molecular weight excluding hydrogens is 268 g/mol. The molecule has 0 aliphatic heterocycles. The van der Waals surface area contributed by atoms with Gasteiger partial charge < -0.3 is 16.2 Å². The van der Waals surface area contributed by atoms with Gasteiger partial charge >= 0.3 is 5.97 Å². The molecule has 21 heavy (non-hydrogen) atoms. The molecule has 0 radical (unpaired) electrons. The number of hydrogen-bond acceptors (Lipinski definition) is 5. The Labute approximate surface area is 127 Å². The molecular formula is C16H28N2O3. The van der Waals surface area contributed by atoms with E-state index in [-0.39, 0.29) is 11.2 Å². The van der Waals surface area contributed by atoms with Gasteiger partial charge in [0.25, 0.3) is 0 Å². The fraction of sp³-hybridized carbons (Fsp3) is 0.750. The van der Waals surface area contributed by atoms with E-state index in [2.05, 4.69) is 13.8 Å². The Morgan fingerprint density at radius 2 is 2.00 bits per heavy atom. The summed E-state index contributed by atoms with van der Waals surface area (Å²) < 4.78 is 5.37. The van der Waals surface area contributed by atoms with E-state index in [9.17, 15) is 9.59 Å². The lowest BCUT2D eigenvalue weighted by Gasteiger charge is -2.36. The van der Waals surface area contributed by atoms with E-state index >= 15 is 0 Å². The normalized spacial score (nSPS) is 23.1. The van der Waals surface area contributed by atoms with Crippen LogP contribution in [0.5, 0.6) is 0 Å². The molecule has 5 heteroatoms. The molecule has 5 nitrogen and oxygen atoms in total. The average molecular weight is 296 g/mol. The fourth-order valence-electron chi connectivity index (χ4n) is 2.59. The Hall–Kier alpha value is -1.20. The summed E-state index contributed by atoms with van der Waals surface area (Å²) in [6.07, 6.45) is 1.95. The molecule has 0 bridgehead atoms. The van der Waals surface area contributed by atoms with Crippen molar-refractivity contribution in [3.05, 3.63) is 11.1 Å². The monoisotopic (exact) mass is 296 g/mol. The van der Waals surface area contributed by atoms with Gasteiger partial charge in [-0.25, -0.2) is 0 Å². The topological polar surface area (TPSA) is 95.4 Å². The highest BCUT2D eigenvalue weighted by atomic mass is 16.5. The summed E-state index contributed by atoms with van der Waals surface area (Å²) in [6.45, 7) is 8.45. The molecule has 120 valence electrons. The zero-order valence-electron chi connectivity index (χ0n) is 13.6. The van der Waals surface area contributed by atoms with E-state index in [4.69, 9.17) is 16.2 Å². The number of carbonyl (C=O) groups excluding carboxylic acids is 2. The Bertz CT molecular complexity index is 441. The quantitative estimate of drug-likeness (QED) is 0.574. The third-order valence-corrected chi connectivity index (χ3v) is 4.47. The van der Waals surface area contributed by atoms with Crippen molar-refractivity contribution in [3.63, 3.8) is 0 Å². The van der Waals surface area contributed by atoms with Gasteiger partial charge in [0.1, 0.15) is 6.04 Å². The molecule has 1 rings (SSSR count). The Morgan fingerprint density at radius 1 is 1.38 bits per heavy atom. The first-order valence-corrected chi connectivity index (χ1v) is 7.59. The molecule has 2 unspecified atom stereocenters. The number of hydrogen-bond donors (Lipinski definition) is 2. The van der Waals surface area contributed by atoms with Gasteiger partial charge in [-0.3, -0.25) is 9.59 Å². The minimum Gasteiger partial charge on any atom is -0.453 e. The van der Waals surface area contributed by atoms with Crippen LogP contribution in [0.4, 0.5) is 0 Å². The van der Waals surface area contributed by atoms with Crippen molar-refractivity contribution in [2.24, 2.45) is 16.9 Å². The Kier molecular flexibility index (Phi) is 6.10. The summed E-state index contributed by atoms with van der Waals surface area (Å²) >= 11 is 0. The molecule has 0 fully saturated rings. The average Bonchev–Trinajstić information content (AvgIpc) is 2.42. The van der Waals surface area contributed by atoms with Gasteiger partial charge in [-0.15, -0.1) is 0 Å². The molecule has 0 aromatic rings. The summed E-state index contributed by atoms with van der Waals surface area (Å²) in [5.74, 6) is -0.595. The van der Waals surface area contributed by atoms with Crippen LogP contribution in [-0.2, 0) is 14.3 Å². The smallest absolute Gasteiger partial charge is 0.323 e. The van der Waals surface area contributed by atoms with E-state index in [0.717, 1.165) is 18.4 Å². The maximum Gasteiger partial charge on any atom is 0.323 e. The SMILES string of the molecule is CC1=C(C)C(C)(C)CC(OC(=O)C(N)CCCCN)C1=O. The van der Waals surface area contributed by atoms with Crippen LogP contribution in [0.15, 0.2) is 11.1 Å². The van der Waals surface area contributed by atoms with E-state index in [1.165, 1.54) is 0 Å². The second-order valence-electron chi connectivity index (χ2n) is 6.52. The molecule has 0 aromatic heterocycles. The molecule has 0 spiro atoms. The van der Waals surface area contributed by atoms with Crippen molar-refractivity contribution in [3.8, 4) is 0 Å². The number of carbonyl (C=O) groups is 2. The van der Waals surface area contributed by atoms with Gasteiger partial charge in [0.15, 0.2) is 11.9 Å². The minimum atomic E-state index is -0.711. The van der Waals surface area contributed by atoms with Crippen molar-refractivity contribution >= 4 is 11.8 Å². The molecule has 0 amide bonds. The summed E-state index contributed by atoms with van der Waals surface area (Å²) in [4.78, 5) is 24.3. The van der Waals surface area contributed by atoms with E-state index in [0.29, 0.717) is 25.0 Å². The van der Waals surface area contributed by atoms with Crippen molar-refractivity contribution in [2.75, 3.05) is 6.54 Å². The van der Waals surface area contributed by atoms with Gasteiger partial charge in [0.2, 0.25) is 0 Å². The lowest BCUT2D eigenvalue weighted by atomic mass is 9.72. The first-order chi connectivity index (χ1) is 9.70. The third kappa shape index (κ3) is 4.38. The van der Waals surface area contributed by atoms with Crippen molar-refractivity contribution in [2.45, 2.75) is 65.5 Å². The van der Waals surface area contributed by atoms with Crippen LogP contribution in [0.3, 0.4) is 0 Å². The summed E-state index contributed by atoms with van der Waals surface area (Å²) in [5, 5.41) is 0. The van der Waals surface area contributed by atoms with Gasteiger partial charge in [-0.1, -0.05) is 25.8 Å². The zero-order valence-corrected chi connectivity index (χ0v) is 13.6. The lowest BCUT2D eigenvalue weighted by molar-refractivity contribution is -0.157. The second-order valence-corrected chi connectivity index (χ2v) is 6.52. The molecule has 0 aromatic carbocycles. The highest BCUT2D eigenvalue weighted by Gasteiger charge is 2.39. The standard InChI is InChI=1S/C16H28N2O3/c1-10-11(2)16(3,4)9-13(14(10)19)21-15(20)12(18)7-5-6-8-17/h12-13H,5-9,17-18H2,1-4H3. The van der Waals surface area contributed by atoms with Gasteiger partial charge in [-0.05, 0) is 44.2 Å². The number of allylic oxidation sites excluding steroid dienone is 1. The Balaban J connectivity index is 2.67. The molecule has 2 atom stereocenters. The number of nitrogens with two attached hydrogens (primary N) is 2. The number of esters is 1. The highest BCUT2D eigenvalue weighted by molar-refractivity contribution is 6.01. The molecule has 1 aliphatic carbocycles. The van der Waals surface area contributed by atoms with E-state index in [1.54, 1.807) is 6.92 Å². The fourth-order valence-corrected chi connectivity index (χ4v) is 2.59. The molecule has 0 heterocycles. The largest absolute Gasteiger partial charge is 0.453 e. The lowest BCUT2D eigenvalue weighted by Crippen LogP contribution is -2.42. The predicted molar refractivity (Wildman–Crippen MR) is 82.5 cm³/mol. The second kappa shape index (κ2) is 7.18. The van der Waals surface area contributed by atoms with Gasteiger partial charge in [0.05, 0.1) is 0 Å². The molecule has 4 N–H and O–H groups in total. The third-order valence-electron chi connectivity index (χ3n) is 4.47. The highest BCUT2D eigenvalue weighted by Crippen LogP contribution is 2.39. The summed E-state index contributed by atoms with van der Waals surface area (Å²) in [7, 11) is 0. The summed E-state index contributed by atoms with van der Waals surface area (Å²) in [6, 6.07) is -0.681. The number of ether oxygens (including phenoxy) is 1. The molecule has 0 saturated heterocycles. The van der Waals surface area contributed by atoms with Crippen LogP contribution < -0.4 is 11.5 Å². The van der Waals surface area contributed by atoms with E-state index < -0.39 is 18.1 Å². The maximum atomic E-state index is 12.2. The van der Waals surface area contributed by atoms with Crippen LogP contribution in [-0.4, -0.2) is 30.4 Å². The molecule has 0 saturated carbocycles. The van der Waals surface area contributed by atoms with Gasteiger partial charge in [-0.2, -0.15) is 0 Å². The van der Waals surface area contributed by atoms with Crippen LogP contribution in [0, 0.1) is 5.41 Å². The van der Waals surface area contributed by atoms with Crippen molar-refractivity contribution in [1.29, 1.82) is 0 Å². The number of unbranched alkanes of at least 4 members (excludes halogenated alkanes) is 1. The first-order valence-electron chi connectivity index (χ1n) is 7.59. The van der Waals surface area contributed by atoms with Gasteiger partial charge in [0, 0.05) is 6.42 Å². The molecule has 1 aliphatic rings. The number of Topliss-reactive ketones (excluding diaryl/α,β-unsaturated/α-hetero) is 1. The van der Waals surface area contributed by atoms with Crippen LogP contribution in [0.25, 0.3) is 0 Å². The number of rotatable bonds is 6. The van der Waals surface area contributed by atoms with E-state index in [1.807, 2.05) is 6.92 Å². The van der Waals surface area contributed by atoms with Crippen LogP contribution >= 0.6 is 0 Å². The summed E-state index contributed by atoms with van der Waals surface area (Å²) in [5.41, 5.74) is 12.8. The first kappa shape index (κ1) is 17.9. The van der Waals surface area contributed by atoms with Crippen LogP contribution in [0.2, 0.25) is 0 Å². The maximum absolute atomic E-state index is 12.2. The van der Waals surface area contributed by atoms with Crippen LogP contribution in [0.1, 0.15) is 53.4 Å². The van der Waals surface area contributed by atoms with Crippen molar-refractivity contribution < 1.29 is 14.3 Å². The Morgan fingerprint density at radius 3 is 2.57 bits per heavy atom.